The minimum atomic E-state index is -3.65. The monoisotopic (exact) mass is 1420 g/mol. The van der Waals surface area contributed by atoms with Crippen molar-refractivity contribution in [1.82, 2.24) is 58.2 Å². The summed E-state index contributed by atoms with van der Waals surface area (Å²) in [7, 11) is -3.59. The van der Waals surface area contributed by atoms with Gasteiger partial charge in [0.05, 0.1) is 68.6 Å². The van der Waals surface area contributed by atoms with Gasteiger partial charge in [-0.2, -0.15) is 15.3 Å². The van der Waals surface area contributed by atoms with E-state index in [9.17, 15) is 27.0 Å². The normalized spacial score (nSPS) is 22.6. The van der Waals surface area contributed by atoms with E-state index in [2.05, 4.69) is 73.4 Å². The molecule has 6 amide bonds. The van der Waals surface area contributed by atoms with Gasteiger partial charge in [0.15, 0.2) is 29.7 Å². The van der Waals surface area contributed by atoms with Gasteiger partial charge < -0.3 is 44.5 Å². The van der Waals surface area contributed by atoms with Crippen LogP contribution >= 0.6 is 0 Å². The van der Waals surface area contributed by atoms with E-state index < -0.39 is 47.8 Å². The Kier molecular flexibility index (Phi) is 18.2. The summed E-state index contributed by atoms with van der Waals surface area (Å²) in [5.74, 6) is 0.878. The van der Waals surface area contributed by atoms with Crippen LogP contribution < -0.4 is 44.3 Å². The second kappa shape index (κ2) is 26.9. The molecule has 0 radical (unpaired) electrons. The number of carbonyl (C=O) groups excluding carboxylic acids is 3. The van der Waals surface area contributed by atoms with Crippen LogP contribution in [0.4, 0.5) is 31.4 Å². The third-order valence-corrected chi connectivity index (χ3v) is 25.7. The van der Waals surface area contributed by atoms with Crippen molar-refractivity contribution in [3.8, 4) is 17.6 Å². The third-order valence-electron chi connectivity index (χ3n) is 21.6. The highest BCUT2D eigenvalue weighted by Gasteiger charge is 2.40. The Hall–Kier alpha value is -7.85. The van der Waals surface area contributed by atoms with Crippen LogP contribution in [0.3, 0.4) is 0 Å². The highest BCUT2D eigenvalue weighted by molar-refractivity contribution is 7.91. The molecule has 3 unspecified atom stereocenters. The number of likely N-dealkylation sites (N-methyl/N-ethyl adjacent to an activating group) is 1. The second-order valence-corrected chi connectivity index (χ2v) is 33.3. The summed E-state index contributed by atoms with van der Waals surface area (Å²) in [5.41, 5.74) is 17.5. The van der Waals surface area contributed by atoms with Crippen molar-refractivity contribution >= 4 is 64.9 Å². The van der Waals surface area contributed by atoms with Gasteiger partial charge in [-0.1, -0.05) is 18.2 Å². The van der Waals surface area contributed by atoms with E-state index in [1.807, 2.05) is 19.0 Å². The molecular formula is C67H88N18O11S3. The first-order chi connectivity index (χ1) is 47.7. The summed E-state index contributed by atoms with van der Waals surface area (Å²) in [6.07, 6.45) is 22.8. The van der Waals surface area contributed by atoms with Crippen molar-refractivity contribution in [3.05, 3.63) is 104 Å². The Morgan fingerprint density at radius 2 is 0.727 bits per heavy atom. The van der Waals surface area contributed by atoms with Crippen LogP contribution in [-0.4, -0.2) is 179 Å². The van der Waals surface area contributed by atoms with Crippen molar-refractivity contribution in [3.63, 3.8) is 0 Å². The number of carbonyl (C=O) groups is 3. The molecule has 5 aliphatic heterocycles. The number of rotatable bonds is 14. The summed E-state index contributed by atoms with van der Waals surface area (Å²) in [6, 6.07) is 5.42. The lowest BCUT2D eigenvalue weighted by atomic mass is 9.99. The summed E-state index contributed by atoms with van der Waals surface area (Å²) < 4.78 is 105. The molecule has 8 heterocycles. The highest BCUT2D eigenvalue weighted by Crippen LogP contribution is 2.43. The first-order valence-electron chi connectivity index (χ1n) is 34.6. The molecule has 6 aromatic rings. The average molecular weight is 1420 g/mol. The van der Waals surface area contributed by atoms with Gasteiger partial charge in [-0.05, 0) is 196 Å². The number of anilines is 3. The smallest absolute Gasteiger partial charge is 0.331 e. The number of hydrogen-bond acceptors (Lipinski definition) is 20. The molecule has 0 spiro atoms. The quantitative estimate of drug-likeness (QED) is 0.0561. The number of amides is 6. The van der Waals surface area contributed by atoms with Crippen LogP contribution in [-0.2, 0) is 136 Å². The van der Waals surface area contributed by atoms with Gasteiger partial charge >= 0.3 is 18.1 Å². The molecule has 17 rings (SSSR count). The summed E-state index contributed by atoms with van der Waals surface area (Å²) in [5, 5.41) is 21.7. The van der Waals surface area contributed by atoms with E-state index in [1.54, 1.807) is 28.3 Å². The summed E-state index contributed by atoms with van der Waals surface area (Å²) in [6.45, 7) is 6.36. The van der Waals surface area contributed by atoms with Crippen molar-refractivity contribution < 1.29 is 50.7 Å². The number of nitrogens with one attached hydrogen (secondary N) is 9. The van der Waals surface area contributed by atoms with E-state index in [1.165, 1.54) is 85.4 Å². The zero-order chi connectivity index (χ0) is 68.6. The summed E-state index contributed by atoms with van der Waals surface area (Å²) >= 11 is 0. The van der Waals surface area contributed by atoms with E-state index >= 15 is 0 Å². The van der Waals surface area contributed by atoms with Crippen molar-refractivity contribution in [1.29, 1.82) is 14.3 Å². The molecule has 2 saturated heterocycles. The molecule has 32 heteroatoms. The van der Waals surface area contributed by atoms with E-state index in [0.29, 0.717) is 57.1 Å². The van der Waals surface area contributed by atoms with Gasteiger partial charge in [-0.15, -0.1) is 0 Å². The fourth-order valence-corrected chi connectivity index (χ4v) is 19.3. The molecule has 0 saturated carbocycles. The minimum absolute atomic E-state index is 0.1000. The van der Waals surface area contributed by atoms with Crippen LogP contribution in [0, 0.1) is 14.3 Å². The molecule has 0 bridgehead atoms. The van der Waals surface area contributed by atoms with E-state index in [4.69, 9.17) is 38.0 Å². The maximum Gasteiger partial charge on any atom is 0.331 e. The molecular weight excluding hydrogens is 1330 g/mol. The van der Waals surface area contributed by atoms with Crippen LogP contribution in [0.1, 0.15) is 105 Å². The van der Waals surface area contributed by atoms with E-state index in [-0.39, 0.29) is 45.0 Å². The fraction of sp³-hybridized carbons (Fsp3) is 0.552. The maximum absolute atomic E-state index is 13.3. The molecule has 29 nitrogen and oxygen atoms in total. The highest BCUT2D eigenvalue weighted by atomic mass is 32.2. The number of aromatic nitrogens is 6. The molecule has 6 atom stereocenters. The van der Waals surface area contributed by atoms with Crippen molar-refractivity contribution in [2.45, 2.75) is 180 Å². The zero-order valence-electron chi connectivity index (χ0n) is 56.4. The number of aryl methyl sites for hydroxylation is 6. The second-order valence-electron chi connectivity index (χ2n) is 28.0. The largest absolute Gasteiger partial charge is 0.475 e. The Morgan fingerprint density at radius 1 is 0.444 bits per heavy atom. The number of fused-ring (bicyclic) bond motifs is 9. The first kappa shape index (κ1) is 67.0. The molecule has 9 N–H and O–H groups in total. The van der Waals surface area contributed by atoms with Gasteiger partial charge in [0.2, 0.25) is 17.6 Å². The summed E-state index contributed by atoms with van der Waals surface area (Å²) in [4.78, 5) is 45.6. The standard InChI is InChI=1S/2C23H30N6O4S.C21H28N6O3S/c2*1-32-17-11-28(12-17)16-10-29-22(33-13-16)20(9-25-29)34(24,31)27-23(30)26-21-18-6-2-4-14(18)8-15-5-3-7-19(15)21;1-26(2)15-11-27-20(30-12-15)18(10-23-27)31(22,29)25-21(28)24-19-16-7-3-5-13(16)9-14-6-4-8-17(14)19/h2*8-9,16-17H,2-7,10-13H2,1H3,(H3,24,26,27,30,31);9-10,15H,3-8,11-12H2,1-2H3,(H3,22,24,25,28,29)/t2*16-,34?;15-,31?/m000/s1. The third kappa shape index (κ3) is 13.1. The lowest BCUT2D eigenvalue weighted by Crippen LogP contribution is -2.59. The SMILES string of the molecule is CN(C)[C@@H]1COc2c(S(=N)(=O)NC(=O)Nc3c4c(cc5c3CCC5)CCC4)cnn2C1.COC1CN([C@@H]2COc3c(S(=N)(=O)NC(=O)Nc4c5c(cc6c4CCC6)CCC5)cnn3C2)C1.COC1CN([C@@H]2COc3c(S(=N)(=O)NC(=O)Nc4c5c(cc6c4CCC6)CCC5)cnn3C2)C1. The Morgan fingerprint density at radius 3 is 1.01 bits per heavy atom. The predicted octanol–water partition coefficient (Wildman–Crippen LogP) is 6.51. The minimum Gasteiger partial charge on any atom is -0.475 e. The lowest BCUT2D eigenvalue weighted by molar-refractivity contribution is -0.0687. The zero-order valence-corrected chi connectivity index (χ0v) is 58.8. The van der Waals surface area contributed by atoms with Crippen LogP contribution in [0.2, 0.25) is 0 Å². The van der Waals surface area contributed by atoms with Gasteiger partial charge in [-0.3, -0.25) is 9.80 Å². The number of urea groups is 3. The van der Waals surface area contributed by atoms with E-state index in [0.717, 1.165) is 159 Å². The number of benzene rings is 3. The maximum atomic E-state index is 13.3. The number of methoxy groups -OCH3 is 2. The molecule has 3 aromatic heterocycles. The number of likely N-dealkylation sites (tertiary alicyclic amines) is 2. The lowest BCUT2D eigenvalue weighted by Gasteiger charge is -2.44. The van der Waals surface area contributed by atoms with Crippen molar-refractivity contribution in [2.24, 2.45) is 0 Å². The number of ether oxygens (including phenoxy) is 5. The molecule has 11 aliphatic rings. The van der Waals surface area contributed by atoms with Crippen LogP contribution in [0.25, 0.3) is 0 Å². The average Bonchev–Trinajstić information content (AvgIpc) is 1.70. The molecule has 530 valence electrons. The van der Waals surface area contributed by atoms with Gasteiger partial charge in [0.1, 0.15) is 34.5 Å². The Balaban J connectivity index is 0.000000121. The predicted molar refractivity (Wildman–Crippen MR) is 368 cm³/mol. The van der Waals surface area contributed by atoms with Gasteiger partial charge in [0.25, 0.3) is 0 Å². The molecule has 99 heavy (non-hydrogen) atoms. The van der Waals surface area contributed by atoms with Crippen LogP contribution in [0.15, 0.2) is 51.5 Å². The first-order valence-corrected chi connectivity index (χ1v) is 39.2. The molecule has 2 fully saturated rings. The van der Waals surface area contributed by atoms with Gasteiger partial charge in [-0.25, -0.2) is 69.6 Å². The number of hydrogen-bond donors (Lipinski definition) is 9. The molecule has 3 aromatic carbocycles. The topological polar surface area (TPSA) is 355 Å². The fourth-order valence-electron chi connectivity index (χ4n) is 16.2. The van der Waals surface area contributed by atoms with Crippen molar-refractivity contribution in [2.75, 3.05) is 90.3 Å². The number of nitrogens with zero attached hydrogens (tertiary/aromatic N) is 9. The molecule has 6 aliphatic carbocycles. The van der Waals surface area contributed by atoms with Gasteiger partial charge in [0, 0.05) is 57.5 Å². The van der Waals surface area contributed by atoms with Crippen LogP contribution in [0.5, 0.6) is 17.6 Å². The Labute approximate surface area is 576 Å². The Bertz CT molecular complexity index is 4270.